The van der Waals surface area contributed by atoms with Gasteiger partial charge in [0.05, 0.1) is 6.33 Å². The predicted octanol–water partition coefficient (Wildman–Crippen LogP) is 2.45. The lowest BCUT2D eigenvalue weighted by atomic mass is 10.2. The molecule has 2 aromatic heterocycles. The van der Waals surface area contributed by atoms with Crippen molar-refractivity contribution in [2.45, 2.75) is 6.54 Å². The third-order valence-corrected chi connectivity index (χ3v) is 3.25. The molecule has 0 amide bonds. The Kier molecular flexibility index (Phi) is 3.23. The highest BCUT2D eigenvalue weighted by atomic mass is 79.9. The van der Waals surface area contributed by atoms with Gasteiger partial charge >= 0.3 is 0 Å². The molecule has 2 heterocycles. The summed E-state index contributed by atoms with van der Waals surface area (Å²) in [6, 6.07) is 4.76. The number of hydrogen-bond acceptors (Lipinski definition) is 5. The summed E-state index contributed by atoms with van der Waals surface area (Å²) in [5.74, 6) is 0.315. The van der Waals surface area contributed by atoms with Gasteiger partial charge in [-0.15, -0.1) is 0 Å². The second kappa shape index (κ2) is 5.04. The first-order chi connectivity index (χ1) is 9.63. The number of rotatable bonds is 3. The number of imidazole rings is 1. The minimum Gasteiger partial charge on any atom is -0.368 e. The molecule has 0 bridgehead atoms. The van der Waals surface area contributed by atoms with E-state index in [1.54, 1.807) is 12.1 Å². The van der Waals surface area contributed by atoms with Gasteiger partial charge in [0.2, 0.25) is 5.95 Å². The van der Waals surface area contributed by atoms with E-state index in [0.29, 0.717) is 22.5 Å². The van der Waals surface area contributed by atoms with E-state index in [1.165, 1.54) is 12.4 Å². The van der Waals surface area contributed by atoms with Gasteiger partial charge in [-0.1, -0.05) is 15.9 Å². The van der Waals surface area contributed by atoms with E-state index in [0.717, 1.165) is 4.47 Å². The van der Waals surface area contributed by atoms with Crippen molar-refractivity contribution in [3.8, 4) is 0 Å². The molecule has 1 aromatic carbocycles. The van der Waals surface area contributed by atoms with E-state index in [4.69, 9.17) is 5.73 Å². The molecule has 0 atom stereocenters. The summed E-state index contributed by atoms with van der Waals surface area (Å²) in [6.07, 6.45) is 1.50. The zero-order chi connectivity index (χ0) is 14.1. The number of nitrogens with zero attached hydrogens (tertiary/aromatic N) is 3. The van der Waals surface area contributed by atoms with Crippen molar-refractivity contribution in [2.75, 3.05) is 11.1 Å². The summed E-state index contributed by atoms with van der Waals surface area (Å²) in [4.78, 5) is 15.0. The largest absolute Gasteiger partial charge is 0.368 e. The van der Waals surface area contributed by atoms with Gasteiger partial charge in [-0.2, -0.15) is 9.97 Å². The normalized spacial score (nSPS) is 10.9. The topological polar surface area (TPSA) is 92.5 Å². The maximum absolute atomic E-state index is 13.7. The van der Waals surface area contributed by atoms with Gasteiger partial charge in [-0.25, -0.2) is 9.37 Å². The van der Waals surface area contributed by atoms with Crippen LogP contribution >= 0.6 is 15.9 Å². The van der Waals surface area contributed by atoms with E-state index < -0.39 is 0 Å². The molecule has 0 saturated heterocycles. The monoisotopic (exact) mass is 336 g/mol. The predicted molar refractivity (Wildman–Crippen MR) is 77.5 cm³/mol. The van der Waals surface area contributed by atoms with Crippen molar-refractivity contribution in [3.63, 3.8) is 0 Å². The first kappa shape index (κ1) is 12.8. The molecule has 0 spiro atoms. The molecule has 8 heteroatoms. The molecule has 0 radical (unpaired) electrons. The van der Waals surface area contributed by atoms with Crippen molar-refractivity contribution in [1.82, 2.24) is 19.9 Å². The fraction of sp³-hybridized carbons (Fsp3) is 0.0833. The number of aromatic amines is 1. The maximum Gasteiger partial charge on any atom is 0.224 e. The highest BCUT2D eigenvalue weighted by molar-refractivity contribution is 9.10. The molecule has 4 N–H and O–H groups in total. The fourth-order valence-electron chi connectivity index (χ4n) is 1.84. The molecule has 3 rings (SSSR count). The van der Waals surface area contributed by atoms with E-state index in [9.17, 15) is 4.39 Å². The van der Waals surface area contributed by atoms with Crippen LogP contribution in [-0.4, -0.2) is 19.9 Å². The van der Waals surface area contributed by atoms with Crippen LogP contribution in [-0.2, 0) is 6.54 Å². The van der Waals surface area contributed by atoms with Crippen molar-refractivity contribution in [3.05, 3.63) is 40.4 Å². The number of benzene rings is 1. The van der Waals surface area contributed by atoms with Crippen LogP contribution in [0.1, 0.15) is 5.56 Å². The van der Waals surface area contributed by atoms with Crippen molar-refractivity contribution in [1.29, 1.82) is 0 Å². The first-order valence-corrected chi connectivity index (χ1v) is 6.57. The zero-order valence-corrected chi connectivity index (χ0v) is 11.8. The standard InChI is InChI=1S/C12H10BrFN6/c13-7-1-2-8(14)6(3-7)4-16-10-9-11(18-5-17-9)20-12(15)19-10/h1-3,5H,4H2,(H4,15,16,17,18,19,20). The molecule has 102 valence electrons. The Morgan fingerprint density at radius 2 is 2.20 bits per heavy atom. The molecule has 0 fully saturated rings. The zero-order valence-electron chi connectivity index (χ0n) is 10.2. The fourth-order valence-corrected chi connectivity index (χ4v) is 2.24. The molecular formula is C12H10BrFN6. The Bertz CT molecular complexity index is 772. The quantitative estimate of drug-likeness (QED) is 0.683. The third-order valence-electron chi connectivity index (χ3n) is 2.76. The highest BCUT2D eigenvalue weighted by Crippen LogP contribution is 2.20. The molecule has 20 heavy (non-hydrogen) atoms. The summed E-state index contributed by atoms with van der Waals surface area (Å²) in [5, 5.41) is 3.04. The van der Waals surface area contributed by atoms with Crippen LogP contribution in [0.4, 0.5) is 16.2 Å². The van der Waals surface area contributed by atoms with Gasteiger partial charge in [0, 0.05) is 16.6 Å². The molecule has 0 saturated carbocycles. The molecule has 0 aliphatic rings. The Morgan fingerprint density at radius 3 is 3.05 bits per heavy atom. The van der Waals surface area contributed by atoms with Crippen LogP contribution in [0.15, 0.2) is 29.0 Å². The maximum atomic E-state index is 13.7. The number of halogens is 2. The van der Waals surface area contributed by atoms with Gasteiger partial charge in [0.25, 0.3) is 0 Å². The summed E-state index contributed by atoms with van der Waals surface area (Å²) >= 11 is 3.31. The third kappa shape index (κ3) is 2.42. The van der Waals surface area contributed by atoms with Crippen molar-refractivity contribution >= 4 is 38.9 Å². The summed E-state index contributed by atoms with van der Waals surface area (Å²) < 4.78 is 14.5. The molecule has 0 unspecified atom stereocenters. The number of aromatic nitrogens is 4. The lowest BCUT2D eigenvalue weighted by Crippen LogP contribution is -2.06. The van der Waals surface area contributed by atoms with E-state index >= 15 is 0 Å². The summed E-state index contributed by atoms with van der Waals surface area (Å²) in [7, 11) is 0. The van der Waals surface area contributed by atoms with Crippen molar-refractivity contribution in [2.24, 2.45) is 0 Å². The highest BCUT2D eigenvalue weighted by Gasteiger charge is 2.09. The molecular weight excluding hydrogens is 327 g/mol. The number of nitrogen functional groups attached to an aromatic ring is 1. The SMILES string of the molecule is Nc1nc(NCc2cc(Br)ccc2F)c2[nH]cnc2n1. The second-order valence-electron chi connectivity index (χ2n) is 4.12. The number of hydrogen-bond donors (Lipinski definition) is 3. The molecule has 3 aromatic rings. The summed E-state index contributed by atoms with van der Waals surface area (Å²) in [5.41, 5.74) is 7.23. The van der Waals surface area contributed by atoms with Gasteiger partial charge in [-0.05, 0) is 18.2 Å². The number of H-pyrrole nitrogens is 1. The van der Waals surface area contributed by atoms with Gasteiger partial charge in [0.1, 0.15) is 11.3 Å². The smallest absolute Gasteiger partial charge is 0.224 e. The van der Waals surface area contributed by atoms with Crippen LogP contribution < -0.4 is 11.1 Å². The van der Waals surface area contributed by atoms with Gasteiger partial charge in [0.15, 0.2) is 11.5 Å². The Hall–Kier alpha value is -2.22. The van der Waals surface area contributed by atoms with Crippen LogP contribution in [0.25, 0.3) is 11.2 Å². The van der Waals surface area contributed by atoms with Crippen LogP contribution in [0, 0.1) is 5.82 Å². The molecule has 0 aliphatic carbocycles. The Balaban J connectivity index is 1.90. The number of nitrogens with one attached hydrogen (secondary N) is 2. The minimum atomic E-state index is -0.288. The van der Waals surface area contributed by atoms with Crippen LogP contribution in [0.5, 0.6) is 0 Å². The van der Waals surface area contributed by atoms with E-state index in [1.807, 2.05) is 0 Å². The Labute approximate surface area is 121 Å². The van der Waals surface area contributed by atoms with E-state index in [-0.39, 0.29) is 18.3 Å². The summed E-state index contributed by atoms with van der Waals surface area (Å²) in [6.45, 7) is 0.274. The number of anilines is 2. The van der Waals surface area contributed by atoms with Crippen LogP contribution in [0.2, 0.25) is 0 Å². The van der Waals surface area contributed by atoms with Gasteiger partial charge < -0.3 is 16.0 Å². The van der Waals surface area contributed by atoms with Crippen LogP contribution in [0.3, 0.4) is 0 Å². The lowest BCUT2D eigenvalue weighted by Gasteiger charge is -2.08. The lowest BCUT2D eigenvalue weighted by molar-refractivity contribution is 0.612. The first-order valence-electron chi connectivity index (χ1n) is 5.78. The number of nitrogens with two attached hydrogens (primary N) is 1. The average Bonchev–Trinajstić information content (AvgIpc) is 2.87. The molecule has 6 nitrogen and oxygen atoms in total. The van der Waals surface area contributed by atoms with Gasteiger partial charge in [-0.3, -0.25) is 0 Å². The number of fused-ring (bicyclic) bond motifs is 1. The molecule has 0 aliphatic heterocycles. The average molecular weight is 337 g/mol. The van der Waals surface area contributed by atoms with Crippen molar-refractivity contribution < 1.29 is 4.39 Å². The van der Waals surface area contributed by atoms with E-state index in [2.05, 4.69) is 41.2 Å². The second-order valence-corrected chi connectivity index (χ2v) is 5.04. The minimum absolute atomic E-state index is 0.113. The Morgan fingerprint density at radius 1 is 1.35 bits per heavy atom.